The highest BCUT2D eigenvalue weighted by Crippen LogP contribution is 2.30. The van der Waals surface area contributed by atoms with E-state index in [2.05, 4.69) is 10.6 Å². The van der Waals surface area contributed by atoms with Gasteiger partial charge in [-0.15, -0.1) is 0 Å². The van der Waals surface area contributed by atoms with Crippen molar-refractivity contribution in [2.45, 2.75) is 38.3 Å². The Kier molecular flexibility index (Phi) is 7.41. The highest BCUT2D eigenvalue weighted by atomic mass is 16.5. The summed E-state index contributed by atoms with van der Waals surface area (Å²) in [6.07, 6.45) is 6.58. The van der Waals surface area contributed by atoms with Gasteiger partial charge >= 0.3 is 0 Å². The van der Waals surface area contributed by atoms with Crippen LogP contribution >= 0.6 is 0 Å². The van der Waals surface area contributed by atoms with Crippen LogP contribution in [0, 0.1) is 5.41 Å². The molecule has 1 aliphatic carbocycles. The number of carbonyl (C=O) groups excluding carboxylic acids is 1. The Balaban J connectivity index is 1.36. The number of carbonyl (C=O) groups is 1. The average Bonchev–Trinajstić information content (AvgIpc) is 2.91. The fourth-order valence-electron chi connectivity index (χ4n) is 4.27. The molecule has 2 heterocycles. The van der Waals surface area contributed by atoms with Crippen molar-refractivity contribution in [3.63, 3.8) is 0 Å². The van der Waals surface area contributed by atoms with Crippen LogP contribution in [-0.4, -0.2) is 41.3 Å². The van der Waals surface area contributed by atoms with Gasteiger partial charge in [0.2, 0.25) is 0 Å². The van der Waals surface area contributed by atoms with Gasteiger partial charge in [0.05, 0.1) is 18.9 Å². The number of ether oxygens (including phenoxy) is 2. The summed E-state index contributed by atoms with van der Waals surface area (Å²) < 4.78 is 11.4. The summed E-state index contributed by atoms with van der Waals surface area (Å²) in [6, 6.07) is 15.4. The molecule has 0 atom stereocenters. The van der Waals surface area contributed by atoms with Crippen molar-refractivity contribution in [2.24, 2.45) is 5.73 Å². The Bertz CT molecular complexity index is 1320. The van der Waals surface area contributed by atoms with E-state index in [9.17, 15) is 4.79 Å². The van der Waals surface area contributed by atoms with E-state index < -0.39 is 0 Å². The zero-order chi connectivity index (χ0) is 25.6. The van der Waals surface area contributed by atoms with Gasteiger partial charge in [-0.25, -0.2) is 9.97 Å². The minimum atomic E-state index is -0.104. The van der Waals surface area contributed by atoms with Crippen molar-refractivity contribution in [2.75, 3.05) is 18.5 Å². The van der Waals surface area contributed by atoms with Crippen molar-refractivity contribution in [3.8, 4) is 17.1 Å². The van der Waals surface area contributed by atoms with Crippen LogP contribution in [0.15, 0.2) is 54.7 Å². The van der Waals surface area contributed by atoms with Crippen molar-refractivity contribution in [1.82, 2.24) is 15.3 Å². The molecule has 2 aromatic carbocycles. The van der Waals surface area contributed by atoms with Crippen LogP contribution in [0.1, 0.15) is 36.1 Å². The lowest BCUT2D eigenvalue weighted by Gasteiger charge is -2.26. The normalized spacial score (nSPS) is 15.3. The summed E-state index contributed by atoms with van der Waals surface area (Å²) in [5.41, 5.74) is 10.6. The summed E-state index contributed by atoms with van der Waals surface area (Å²) in [5, 5.41) is 13.9. The highest BCUT2D eigenvalue weighted by molar-refractivity contribution is 6.08. The third kappa shape index (κ3) is 5.78. The number of nitrogens with one attached hydrogen (secondary N) is 3. The summed E-state index contributed by atoms with van der Waals surface area (Å²) >= 11 is 0. The van der Waals surface area contributed by atoms with Crippen LogP contribution in [0.2, 0.25) is 0 Å². The second kappa shape index (κ2) is 11.2. The first-order valence-corrected chi connectivity index (χ1v) is 12.4. The second-order valence-electron chi connectivity index (χ2n) is 9.10. The van der Waals surface area contributed by atoms with Gasteiger partial charge in [0, 0.05) is 47.3 Å². The average molecular weight is 499 g/mol. The van der Waals surface area contributed by atoms with E-state index in [0.29, 0.717) is 42.6 Å². The molecule has 2 aliphatic rings. The zero-order valence-electron chi connectivity index (χ0n) is 20.5. The molecule has 3 aromatic rings. The molecule has 37 heavy (non-hydrogen) atoms. The summed E-state index contributed by atoms with van der Waals surface area (Å²) in [4.78, 5) is 21.8. The molecule has 0 saturated heterocycles. The van der Waals surface area contributed by atoms with E-state index >= 15 is 0 Å². The van der Waals surface area contributed by atoms with Crippen LogP contribution in [0.4, 0.5) is 11.5 Å². The van der Waals surface area contributed by atoms with Gasteiger partial charge in [-0.2, -0.15) is 0 Å². The Morgan fingerprint density at radius 2 is 2.03 bits per heavy atom. The summed E-state index contributed by atoms with van der Waals surface area (Å²) in [7, 11) is 0. The molecular weight excluding hydrogens is 468 g/mol. The van der Waals surface area contributed by atoms with Crippen LogP contribution in [0.25, 0.3) is 17.0 Å². The monoisotopic (exact) mass is 498 g/mol. The first-order valence-electron chi connectivity index (χ1n) is 12.4. The molecule has 9 heteroatoms. The maximum Gasteiger partial charge on any atom is 0.258 e. The smallest absolute Gasteiger partial charge is 0.258 e. The molecule has 5 N–H and O–H groups in total. The van der Waals surface area contributed by atoms with Crippen molar-refractivity contribution >= 4 is 29.2 Å². The van der Waals surface area contributed by atoms with Gasteiger partial charge in [-0.1, -0.05) is 24.3 Å². The highest BCUT2D eigenvalue weighted by Gasteiger charge is 2.21. The van der Waals surface area contributed by atoms with Crippen molar-refractivity contribution in [3.05, 3.63) is 71.6 Å². The van der Waals surface area contributed by atoms with E-state index in [0.717, 1.165) is 40.9 Å². The lowest BCUT2D eigenvalue weighted by atomic mass is 9.93. The number of rotatable bonds is 9. The first-order chi connectivity index (χ1) is 18.1. The lowest BCUT2D eigenvalue weighted by molar-refractivity contribution is -0.124. The SMILES string of the molecule is N=C/C(=C\N)c1ccc(Nc2nc(-c3cccc(OCC(=O)NC4CCC4)c3)nc3c2COCC3)cc1. The Morgan fingerprint density at radius 3 is 2.76 bits per heavy atom. The predicted octanol–water partition coefficient (Wildman–Crippen LogP) is 3.96. The number of hydrogen-bond acceptors (Lipinski definition) is 8. The van der Waals surface area contributed by atoms with Crippen LogP contribution in [0.5, 0.6) is 5.75 Å². The van der Waals surface area contributed by atoms with E-state index in [1.807, 2.05) is 48.5 Å². The third-order valence-corrected chi connectivity index (χ3v) is 6.57. The van der Waals surface area contributed by atoms with E-state index in [4.69, 9.17) is 30.6 Å². The van der Waals surface area contributed by atoms with Gasteiger partial charge < -0.3 is 31.3 Å². The van der Waals surface area contributed by atoms with Crippen molar-refractivity contribution in [1.29, 1.82) is 5.41 Å². The molecular formula is C28H30N6O3. The molecule has 0 unspecified atom stereocenters. The number of nitrogens with two attached hydrogens (primary N) is 1. The Hall–Kier alpha value is -4.24. The molecule has 1 fully saturated rings. The fraction of sp³-hybridized carbons (Fsp3) is 0.286. The molecule has 1 saturated carbocycles. The molecule has 190 valence electrons. The van der Waals surface area contributed by atoms with E-state index in [-0.39, 0.29) is 18.6 Å². The second-order valence-corrected chi connectivity index (χ2v) is 9.10. The minimum Gasteiger partial charge on any atom is -0.484 e. The molecule has 1 aromatic heterocycles. The van der Waals surface area contributed by atoms with E-state index in [1.165, 1.54) is 18.8 Å². The maximum absolute atomic E-state index is 12.1. The van der Waals surface area contributed by atoms with Gasteiger partial charge in [0.25, 0.3) is 5.91 Å². The number of allylic oxidation sites excluding steroid dienone is 1. The standard InChI is InChI=1S/C28H30N6O3/c29-14-20(15-30)18-7-9-22(10-8-18)32-28-24-16-36-12-11-25(24)33-27(34-28)19-3-1-6-23(13-19)37-17-26(35)31-21-4-2-5-21/h1,3,6-10,13-15,21,29H,2,4-5,11-12,16-17,30H2,(H,31,35)(H,32,33,34)/b20-15+,29-14?. The number of benzene rings is 2. The van der Waals surface area contributed by atoms with Gasteiger partial charge in [0.15, 0.2) is 12.4 Å². The predicted molar refractivity (Wildman–Crippen MR) is 143 cm³/mol. The molecule has 9 nitrogen and oxygen atoms in total. The number of anilines is 2. The maximum atomic E-state index is 12.1. The quantitative estimate of drug-likeness (QED) is 0.328. The molecule has 5 rings (SSSR count). The van der Waals surface area contributed by atoms with Crippen LogP contribution in [0.3, 0.4) is 0 Å². The molecule has 1 amide bonds. The fourth-order valence-corrected chi connectivity index (χ4v) is 4.27. The summed E-state index contributed by atoms with van der Waals surface area (Å²) in [5.74, 6) is 1.74. The van der Waals surface area contributed by atoms with Gasteiger partial charge in [-0.05, 0) is 49.1 Å². The van der Waals surface area contributed by atoms with E-state index in [1.54, 1.807) is 0 Å². The van der Waals surface area contributed by atoms with Crippen molar-refractivity contribution < 1.29 is 14.3 Å². The molecule has 1 aliphatic heterocycles. The topological polar surface area (TPSA) is 135 Å². The van der Waals surface area contributed by atoms with Gasteiger partial charge in [-0.3, -0.25) is 4.79 Å². The number of fused-ring (bicyclic) bond motifs is 1. The van der Waals surface area contributed by atoms with Gasteiger partial charge in [0.1, 0.15) is 11.6 Å². The Morgan fingerprint density at radius 1 is 1.19 bits per heavy atom. The number of aromatic nitrogens is 2. The molecule has 0 bridgehead atoms. The summed E-state index contributed by atoms with van der Waals surface area (Å²) in [6.45, 7) is 1.02. The Labute approximate surface area is 215 Å². The largest absolute Gasteiger partial charge is 0.484 e. The van der Waals surface area contributed by atoms with Crippen LogP contribution in [-0.2, 0) is 22.6 Å². The first kappa shape index (κ1) is 24.5. The number of nitrogens with zero attached hydrogens (tertiary/aromatic N) is 2. The van der Waals surface area contributed by atoms with Crippen LogP contribution < -0.4 is 21.1 Å². The molecule has 0 radical (unpaired) electrons. The number of hydrogen-bond donors (Lipinski definition) is 4. The third-order valence-electron chi connectivity index (χ3n) is 6.57. The number of amides is 1. The lowest BCUT2D eigenvalue weighted by Crippen LogP contribution is -2.41. The minimum absolute atomic E-state index is 0.0236. The molecule has 0 spiro atoms. The zero-order valence-corrected chi connectivity index (χ0v) is 20.5.